The van der Waals surface area contributed by atoms with Crippen LogP contribution in [0.25, 0.3) is 0 Å². The molecule has 0 aliphatic carbocycles. The fraction of sp³-hybridized carbons (Fsp3) is 0.458. The van der Waals surface area contributed by atoms with Crippen LogP contribution in [0.15, 0.2) is 47.4 Å². The van der Waals surface area contributed by atoms with Gasteiger partial charge in [-0.1, -0.05) is 45.4 Å². The number of sulfonamides is 1. The van der Waals surface area contributed by atoms with Crippen LogP contribution >= 0.6 is 0 Å². The Morgan fingerprint density at radius 2 is 1.56 bits per heavy atom. The Labute approximate surface area is 191 Å². The van der Waals surface area contributed by atoms with Gasteiger partial charge in [-0.2, -0.15) is 0 Å². The van der Waals surface area contributed by atoms with E-state index in [4.69, 9.17) is 9.47 Å². The van der Waals surface area contributed by atoms with Gasteiger partial charge in [-0.15, -0.1) is 0 Å². The SMILES string of the molecule is COc1ccc(OC)c(N(CC(=O)NC(C(C)C)C(C)C)S(=O)(=O)c2ccc(C)cc2)c1. The predicted octanol–water partition coefficient (Wildman–Crippen LogP) is 4.00. The first-order chi connectivity index (χ1) is 15.0. The van der Waals surface area contributed by atoms with Crippen molar-refractivity contribution in [2.24, 2.45) is 11.8 Å². The summed E-state index contributed by atoms with van der Waals surface area (Å²) in [6, 6.07) is 11.3. The van der Waals surface area contributed by atoms with Crippen LogP contribution in [0.5, 0.6) is 11.5 Å². The van der Waals surface area contributed by atoms with Crippen LogP contribution in [-0.4, -0.2) is 41.1 Å². The number of nitrogens with zero attached hydrogens (tertiary/aromatic N) is 1. The highest BCUT2D eigenvalue weighted by Gasteiger charge is 2.31. The minimum absolute atomic E-state index is 0.0846. The second-order valence-electron chi connectivity index (χ2n) is 8.44. The molecule has 1 amide bonds. The molecule has 0 atom stereocenters. The van der Waals surface area contributed by atoms with Crippen molar-refractivity contribution in [1.82, 2.24) is 5.32 Å². The minimum atomic E-state index is -4.06. The molecular formula is C24H34N2O5S. The highest BCUT2D eigenvalue weighted by Crippen LogP contribution is 2.35. The molecule has 0 spiro atoms. The van der Waals surface area contributed by atoms with Crippen molar-refractivity contribution >= 4 is 21.6 Å². The van der Waals surface area contributed by atoms with Crippen LogP contribution in [0.4, 0.5) is 5.69 Å². The number of rotatable bonds is 10. The third kappa shape index (κ3) is 5.94. The minimum Gasteiger partial charge on any atom is -0.497 e. The van der Waals surface area contributed by atoms with Crippen LogP contribution in [0, 0.1) is 18.8 Å². The molecule has 0 heterocycles. The summed E-state index contributed by atoms with van der Waals surface area (Å²) in [5, 5.41) is 3.00. The molecule has 2 aromatic carbocycles. The van der Waals surface area contributed by atoms with Crippen molar-refractivity contribution in [2.75, 3.05) is 25.1 Å². The lowest BCUT2D eigenvalue weighted by Gasteiger charge is -2.29. The van der Waals surface area contributed by atoms with E-state index in [9.17, 15) is 13.2 Å². The molecule has 0 aliphatic heterocycles. The van der Waals surface area contributed by atoms with Gasteiger partial charge in [0.15, 0.2) is 0 Å². The standard InChI is InChI=1S/C24H34N2O5S/c1-16(2)24(17(3)4)25-23(27)15-26(21-14-19(30-6)10-13-22(21)31-7)32(28,29)20-11-8-18(5)9-12-20/h8-14,16-17,24H,15H2,1-7H3,(H,25,27). The number of ether oxygens (including phenoxy) is 2. The highest BCUT2D eigenvalue weighted by molar-refractivity contribution is 7.92. The first-order valence-corrected chi connectivity index (χ1v) is 12.1. The third-order valence-electron chi connectivity index (χ3n) is 5.32. The molecule has 7 nitrogen and oxygen atoms in total. The number of benzene rings is 2. The maximum atomic E-state index is 13.7. The van der Waals surface area contributed by atoms with Crippen molar-refractivity contribution in [1.29, 1.82) is 0 Å². The molecule has 0 aliphatic rings. The number of methoxy groups -OCH3 is 2. The van der Waals surface area contributed by atoms with Crippen molar-refractivity contribution in [3.05, 3.63) is 48.0 Å². The molecule has 32 heavy (non-hydrogen) atoms. The number of aryl methyl sites for hydroxylation is 1. The van der Waals surface area contributed by atoms with E-state index < -0.39 is 22.5 Å². The molecule has 0 radical (unpaired) electrons. The fourth-order valence-corrected chi connectivity index (χ4v) is 5.02. The summed E-state index contributed by atoms with van der Waals surface area (Å²) in [5.41, 5.74) is 1.16. The van der Waals surface area contributed by atoms with E-state index in [2.05, 4.69) is 5.32 Å². The lowest BCUT2D eigenvalue weighted by Crippen LogP contribution is -2.48. The second-order valence-corrected chi connectivity index (χ2v) is 10.3. The summed E-state index contributed by atoms with van der Waals surface area (Å²) in [4.78, 5) is 13.1. The Balaban J connectivity index is 2.55. The predicted molar refractivity (Wildman–Crippen MR) is 127 cm³/mol. The van der Waals surface area contributed by atoms with Crippen LogP contribution in [-0.2, 0) is 14.8 Å². The van der Waals surface area contributed by atoms with E-state index in [1.54, 1.807) is 30.3 Å². The zero-order valence-corrected chi connectivity index (χ0v) is 20.7. The topological polar surface area (TPSA) is 84.9 Å². The van der Waals surface area contributed by atoms with Crippen LogP contribution < -0.4 is 19.1 Å². The molecule has 1 N–H and O–H groups in total. The Bertz CT molecular complexity index is 1010. The van der Waals surface area contributed by atoms with Crippen molar-refractivity contribution < 1.29 is 22.7 Å². The van der Waals surface area contributed by atoms with Gasteiger partial charge in [-0.05, 0) is 43.0 Å². The average Bonchev–Trinajstić information content (AvgIpc) is 2.75. The van der Waals surface area contributed by atoms with Gasteiger partial charge < -0.3 is 14.8 Å². The van der Waals surface area contributed by atoms with E-state index in [0.29, 0.717) is 11.5 Å². The maximum Gasteiger partial charge on any atom is 0.264 e. The van der Waals surface area contributed by atoms with Gasteiger partial charge >= 0.3 is 0 Å². The summed E-state index contributed by atoms with van der Waals surface area (Å²) < 4.78 is 39.1. The molecule has 2 rings (SSSR count). The molecule has 0 aromatic heterocycles. The van der Waals surface area contributed by atoms with Gasteiger partial charge in [0.05, 0.1) is 24.8 Å². The van der Waals surface area contributed by atoms with Gasteiger partial charge in [-0.3, -0.25) is 9.10 Å². The van der Waals surface area contributed by atoms with E-state index in [1.165, 1.54) is 26.4 Å². The highest BCUT2D eigenvalue weighted by atomic mass is 32.2. The molecule has 0 saturated carbocycles. The van der Waals surface area contributed by atoms with Gasteiger partial charge in [0.25, 0.3) is 10.0 Å². The average molecular weight is 463 g/mol. The van der Waals surface area contributed by atoms with Gasteiger partial charge in [0.2, 0.25) is 5.91 Å². The van der Waals surface area contributed by atoms with Crippen LogP contribution in [0.1, 0.15) is 33.3 Å². The lowest BCUT2D eigenvalue weighted by atomic mass is 9.93. The Morgan fingerprint density at radius 3 is 2.06 bits per heavy atom. The lowest BCUT2D eigenvalue weighted by molar-refractivity contribution is -0.121. The number of anilines is 1. The first kappa shape index (κ1) is 25.5. The zero-order chi connectivity index (χ0) is 24.1. The number of nitrogens with one attached hydrogen (secondary N) is 1. The fourth-order valence-electron chi connectivity index (χ4n) is 3.59. The Morgan fingerprint density at radius 1 is 0.969 bits per heavy atom. The van der Waals surface area contributed by atoms with Gasteiger partial charge in [0, 0.05) is 12.1 Å². The van der Waals surface area contributed by atoms with Gasteiger partial charge in [-0.25, -0.2) is 8.42 Å². The zero-order valence-electron chi connectivity index (χ0n) is 19.9. The van der Waals surface area contributed by atoms with E-state index in [-0.39, 0.29) is 28.5 Å². The normalized spacial score (nSPS) is 11.7. The molecular weight excluding hydrogens is 428 g/mol. The van der Waals surface area contributed by atoms with E-state index >= 15 is 0 Å². The number of hydrogen-bond acceptors (Lipinski definition) is 5. The van der Waals surface area contributed by atoms with Crippen LogP contribution in [0.2, 0.25) is 0 Å². The molecule has 0 fully saturated rings. The molecule has 0 saturated heterocycles. The number of amides is 1. The summed E-state index contributed by atoms with van der Waals surface area (Å²) in [6.45, 7) is 9.59. The molecule has 2 aromatic rings. The van der Waals surface area contributed by atoms with Crippen molar-refractivity contribution in [2.45, 2.75) is 45.6 Å². The van der Waals surface area contributed by atoms with Crippen molar-refractivity contribution in [3.63, 3.8) is 0 Å². The second kappa shape index (κ2) is 10.7. The number of carbonyl (C=O) groups is 1. The Hall–Kier alpha value is -2.74. The first-order valence-electron chi connectivity index (χ1n) is 10.6. The smallest absolute Gasteiger partial charge is 0.264 e. The number of carbonyl (C=O) groups excluding carboxylic acids is 1. The number of hydrogen-bond donors (Lipinski definition) is 1. The molecule has 0 unspecified atom stereocenters. The largest absolute Gasteiger partial charge is 0.497 e. The molecule has 0 bridgehead atoms. The Kier molecular flexibility index (Phi) is 8.55. The van der Waals surface area contributed by atoms with Gasteiger partial charge in [0.1, 0.15) is 18.0 Å². The third-order valence-corrected chi connectivity index (χ3v) is 7.09. The quantitative estimate of drug-likeness (QED) is 0.577. The molecule has 8 heteroatoms. The maximum absolute atomic E-state index is 13.7. The van der Waals surface area contributed by atoms with E-state index in [0.717, 1.165) is 9.87 Å². The summed E-state index contributed by atoms with van der Waals surface area (Å²) in [5.74, 6) is 0.781. The van der Waals surface area contributed by atoms with Crippen LogP contribution in [0.3, 0.4) is 0 Å². The molecule has 176 valence electrons. The summed E-state index contributed by atoms with van der Waals surface area (Å²) >= 11 is 0. The monoisotopic (exact) mass is 462 g/mol. The summed E-state index contributed by atoms with van der Waals surface area (Å²) in [7, 11) is -1.12. The summed E-state index contributed by atoms with van der Waals surface area (Å²) in [6.07, 6.45) is 0. The van der Waals surface area contributed by atoms with Crippen molar-refractivity contribution in [3.8, 4) is 11.5 Å². The van der Waals surface area contributed by atoms with E-state index in [1.807, 2.05) is 34.6 Å².